The third kappa shape index (κ3) is 6.04. The van der Waals surface area contributed by atoms with Gasteiger partial charge in [0.2, 0.25) is 0 Å². The van der Waals surface area contributed by atoms with Gasteiger partial charge in [-0.2, -0.15) is 13.2 Å². The highest BCUT2D eigenvalue weighted by molar-refractivity contribution is 7.46. The fourth-order valence-corrected chi connectivity index (χ4v) is 1.26. The molecule has 0 saturated heterocycles. The van der Waals surface area contributed by atoms with Crippen molar-refractivity contribution >= 4 is 7.82 Å². The van der Waals surface area contributed by atoms with Crippen LogP contribution in [0, 0.1) is 0 Å². The lowest BCUT2D eigenvalue weighted by Gasteiger charge is -2.19. The van der Waals surface area contributed by atoms with Crippen molar-refractivity contribution < 1.29 is 32.0 Å². The predicted molar refractivity (Wildman–Crippen MR) is 37.9 cm³/mol. The minimum absolute atomic E-state index is 0.129. The Morgan fingerprint density at radius 3 is 2.15 bits per heavy atom. The summed E-state index contributed by atoms with van der Waals surface area (Å²) in [6.07, 6.45) is -7.46. The Morgan fingerprint density at radius 2 is 1.92 bits per heavy atom. The molecule has 0 aromatic carbocycles. The molecule has 0 bridgehead atoms. The first-order chi connectivity index (χ1) is 5.67. The summed E-state index contributed by atoms with van der Waals surface area (Å²) in [5, 5.41) is 0. The molecule has 0 aliphatic heterocycles. The molecule has 0 heterocycles. The molecule has 8 heteroatoms. The van der Waals surface area contributed by atoms with Gasteiger partial charge in [0, 0.05) is 0 Å². The molecule has 2 N–H and O–H groups in total. The van der Waals surface area contributed by atoms with Crippen LogP contribution in [0.25, 0.3) is 0 Å². The van der Waals surface area contributed by atoms with Crippen LogP contribution in [0.1, 0.15) is 19.8 Å². The van der Waals surface area contributed by atoms with Crippen molar-refractivity contribution in [3.8, 4) is 0 Å². The Hall–Kier alpha value is -0.100. The molecule has 1 unspecified atom stereocenters. The molecule has 0 spiro atoms. The minimum Gasteiger partial charge on any atom is -0.303 e. The van der Waals surface area contributed by atoms with Crippen LogP contribution in [-0.4, -0.2) is 22.1 Å². The van der Waals surface area contributed by atoms with Crippen LogP contribution in [0.3, 0.4) is 0 Å². The van der Waals surface area contributed by atoms with Crippen LogP contribution >= 0.6 is 7.82 Å². The highest BCUT2D eigenvalue weighted by atomic mass is 31.2. The van der Waals surface area contributed by atoms with Gasteiger partial charge in [-0.3, -0.25) is 4.52 Å². The van der Waals surface area contributed by atoms with Gasteiger partial charge >= 0.3 is 14.0 Å². The monoisotopic (exact) mass is 222 g/mol. The van der Waals surface area contributed by atoms with Crippen molar-refractivity contribution in [1.82, 2.24) is 0 Å². The molecule has 0 aromatic heterocycles. The molecule has 80 valence electrons. The maximum atomic E-state index is 12.0. The number of hydrogen-bond acceptors (Lipinski definition) is 2. The van der Waals surface area contributed by atoms with Gasteiger partial charge in [-0.25, -0.2) is 4.57 Å². The summed E-state index contributed by atoms with van der Waals surface area (Å²) in [6, 6.07) is 0. The van der Waals surface area contributed by atoms with Gasteiger partial charge < -0.3 is 9.79 Å². The van der Waals surface area contributed by atoms with Gasteiger partial charge in [0.25, 0.3) is 0 Å². The highest BCUT2D eigenvalue weighted by Gasteiger charge is 2.43. The van der Waals surface area contributed by atoms with Crippen molar-refractivity contribution in [1.29, 1.82) is 0 Å². The van der Waals surface area contributed by atoms with E-state index in [-0.39, 0.29) is 6.42 Å². The zero-order valence-electron chi connectivity index (χ0n) is 6.78. The first-order valence-corrected chi connectivity index (χ1v) is 5.00. The van der Waals surface area contributed by atoms with Crippen LogP contribution in [0.4, 0.5) is 13.2 Å². The lowest BCUT2D eigenvalue weighted by atomic mass is 10.2. The molecule has 0 aliphatic carbocycles. The largest absolute Gasteiger partial charge is 0.470 e. The predicted octanol–water partition coefficient (Wildman–Crippen LogP) is 1.83. The molecule has 0 rings (SSSR count). The smallest absolute Gasteiger partial charge is 0.303 e. The first kappa shape index (κ1) is 12.9. The number of rotatable bonds is 4. The average molecular weight is 222 g/mol. The standard InChI is InChI=1S/C5H10F3O4P/c1-2-3-4(5(6,7)8)12-13(9,10)11/h4H,2-3H2,1H3,(H2,9,10,11). The number of phosphoric ester groups is 1. The lowest BCUT2D eigenvalue weighted by Crippen LogP contribution is -2.30. The molecular weight excluding hydrogens is 212 g/mol. The average Bonchev–Trinajstić information content (AvgIpc) is 1.81. The van der Waals surface area contributed by atoms with Crippen LogP contribution in [0.2, 0.25) is 0 Å². The van der Waals surface area contributed by atoms with Gasteiger partial charge in [-0.15, -0.1) is 0 Å². The minimum atomic E-state index is -5.07. The van der Waals surface area contributed by atoms with E-state index in [1.807, 2.05) is 0 Å². The number of halogens is 3. The fraction of sp³-hybridized carbons (Fsp3) is 1.00. The van der Waals surface area contributed by atoms with E-state index >= 15 is 0 Å². The van der Waals surface area contributed by atoms with E-state index in [2.05, 4.69) is 4.52 Å². The molecule has 0 saturated carbocycles. The van der Waals surface area contributed by atoms with Crippen LogP contribution in [0.15, 0.2) is 0 Å². The molecule has 0 amide bonds. The molecule has 0 radical (unpaired) electrons. The lowest BCUT2D eigenvalue weighted by molar-refractivity contribution is -0.200. The molecule has 0 aromatic rings. The van der Waals surface area contributed by atoms with Crippen molar-refractivity contribution in [3.63, 3.8) is 0 Å². The second kappa shape index (κ2) is 4.41. The zero-order valence-corrected chi connectivity index (χ0v) is 7.68. The number of alkyl halides is 3. The van der Waals surface area contributed by atoms with Crippen molar-refractivity contribution in [3.05, 3.63) is 0 Å². The van der Waals surface area contributed by atoms with E-state index in [9.17, 15) is 17.7 Å². The van der Waals surface area contributed by atoms with Gasteiger partial charge in [-0.1, -0.05) is 13.3 Å². The van der Waals surface area contributed by atoms with E-state index in [0.29, 0.717) is 0 Å². The topological polar surface area (TPSA) is 66.8 Å². The molecule has 13 heavy (non-hydrogen) atoms. The third-order valence-corrected chi connectivity index (χ3v) is 1.71. The highest BCUT2D eigenvalue weighted by Crippen LogP contribution is 2.42. The summed E-state index contributed by atoms with van der Waals surface area (Å²) in [6.45, 7) is 1.46. The number of hydrogen-bond donors (Lipinski definition) is 2. The normalized spacial score (nSPS) is 15.8. The van der Waals surface area contributed by atoms with E-state index in [1.165, 1.54) is 6.92 Å². The Balaban J connectivity index is 4.36. The molecule has 0 fully saturated rings. The SMILES string of the molecule is CCCC(OP(=O)(O)O)C(F)(F)F. The molecule has 4 nitrogen and oxygen atoms in total. The fourth-order valence-electron chi connectivity index (χ4n) is 0.704. The van der Waals surface area contributed by atoms with E-state index in [0.717, 1.165) is 0 Å². The molecule has 1 atom stereocenters. The van der Waals surface area contributed by atoms with Gasteiger partial charge in [0.15, 0.2) is 6.10 Å². The molecule has 0 aliphatic rings. The second-order valence-electron chi connectivity index (χ2n) is 2.41. The maximum absolute atomic E-state index is 12.0. The van der Waals surface area contributed by atoms with Gasteiger partial charge in [0.05, 0.1) is 0 Å². The Kier molecular flexibility index (Phi) is 4.38. The Morgan fingerprint density at radius 1 is 1.46 bits per heavy atom. The van der Waals surface area contributed by atoms with Gasteiger partial charge in [0.1, 0.15) is 0 Å². The second-order valence-corrected chi connectivity index (χ2v) is 3.61. The number of phosphoric acid groups is 1. The summed E-state index contributed by atoms with van der Waals surface area (Å²) >= 11 is 0. The maximum Gasteiger partial charge on any atom is 0.470 e. The first-order valence-electron chi connectivity index (χ1n) is 3.47. The summed E-state index contributed by atoms with van der Waals surface area (Å²) < 4.78 is 49.6. The summed E-state index contributed by atoms with van der Waals surface area (Å²) in [4.78, 5) is 16.3. The van der Waals surface area contributed by atoms with Gasteiger partial charge in [-0.05, 0) is 6.42 Å². The van der Waals surface area contributed by atoms with Crippen molar-refractivity contribution in [2.75, 3.05) is 0 Å². The van der Waals surface area contributed by atoms with Crippen molar-refractivity contribution in [2.24, 2.45) is 0 Å². The quantitative estimate of drug-likeness (QED) is 0.712. The van der Waals surface area contributed by atoms with Crippen LogP contribution < -0.4 is 0 Å². The Bertz CT molecular complexity index is 198. The van der Waals surface area contributed by atoms with E-state index < -0.39 is 26.5 Å². The molecular formula is C5H10F3O4P. The summed E-state index contributed by atoms with van der Waals surface area (Å²) in [7, 11) is -5.07. The Labute approximate surface area is 72.9 Å². The third-order valence-electron chi connectivity index (χ3n) is 1.18. The van der Waals surface area contributed by atoms with Crippen LogP contribution in [-0.2, 0) is 9.09 Å². The van der Waals surface area contributed by atoms with Crippen LogP contribution in [0.5, 0.6) is 0 Å². The van der Waals surface area contributed by atoms with E-state index in [1.54, 1.807) is 0 Å². The summed E-state index contributed by atoms with van der Waals surface area (Å²) in [5.74, 6) is 0. The van der Waals surface area contributed by atoms with Crippen molar-refractivity contribution in [2.45, 2.75) is 32.0 Å². The van der Waals surface area contributed by atoms with E-state index in [4.69, 9.17) is 9.79 Å². The summed E-state index contributed by atoms with van der Waals surface area (Å²) in [5.41, 5.74) is 0. The zero-order chi connectivity index (χ0) is 10.7.